The Kier molecular flexibility index (Phi) is 1.41. The maximum absolute atomic E-state index is 4.47. The van der Waals surface area contributed by atoms with Gasteiger partial charge in [-0.25, -0.2) is 4.98 Å². The third-order valence-corrected chi connectivity index (χ3v) is 3.11. The van der Waals surface area contributed by atoms with Gasteiger partial charge in [-0.1, -0.05) is 0 Å². The molecule has 0 radical (unpaired) electrons. The van der Waals surface area contributed by atoms with E-state index in [0.29, 0.717) is 6.04 Å². The van der Waals surface area contributed by atoms with Crippen molar-refractivity contribution in [2.45, 2.75) is 25.8 Å². The number of thiazole rings is 1. The van der Waals surface area contributed by atoms with E-state index in [2.05, 4.69) is 33.2 Å². The number of aryl methyl sites for hydroxylation is 1. The molecule has 0 atom stereocenters. The average Bonchev–Trinajstić information content (AvgIpc) is 2.74. The molecule has 2 heterocycles. The number of anilines is 1. The van der Waals surface area contributed by atoms with E-state index >= 15 is 0 Å². The van der Waals surface area contributed by atoms with Crippen molar-refractivity contribution in [1.82, 2.24) is 9.38 Å². The predicted octanol–water partition coefficient (Wildman–Crippen LogP) is 2.28. The second-order valence-electron chi connectivity index (χ2n) is 3.52. The summed E-state index contributed by atoms with van der Waals surface area (Å²) >= 11 is 1.68. The van der Waals surface area contributed by atoms with Crippen molar-refractivity contribution >= 4 is 22.1 Å². The normalized spacial score (nSPS) is 16.7. The van der Waals surface area contributed by atoms with E-state index in [1.807, 2.05) is 0 Å². The van der Waals surface area contributed by atoms with Crippen LogP contribution in [0.2, 0.25) is 0 Å². The highest BCUT2D eigenvalue weighted by molar-refractivity contribution is 7.15. The monoisotopic (exact) mass is 193 g/mol. The summed E-state index contributed by atoms with van der Waals surface area (Å²) in [5.41, 5.74) is 1.11. The summed E-state index contributed by atoms with van der Waals surface area (Å²) in [4.78, 5) is 5.56. The Morgan fingerprint density at radius 3 is 3.23 bits per heavy atom. The Balaban J connectivity index is 2.11. The second kappa shape index (κ2) is 2.48. The highest BCUT2D eigenvalue weighted by atomic mass is 32.1. The zero-order valence-electron chi connectivity index (χ0n) is 7.45. The van der Waals surface area contributed by atoms with Gasteiger partial charge in [-0.2, -0.15) is 0 Å². The standard InChI is InChI=1S/C9H11N3S/c1-6-8(11-7-2-3-7)12-4-5-13-9(12)10-6/h4-5,7,11H,2-3H2,1H3. The molecule has 1 aliphatic carbocycles. The molecule has 1 N–H and O–H groups in total. The number of nitrogens with one attached hydrogen (secondary N) is 1. The van der Waals surface area contributed by atoms with Crippen molar-refractivity contribution in [3.63, 3.8) is 0 Å². The minimum atomic E-state index is 0.693. The van der Waals surface area contributed by atoms with Crippen LogP contribution in [0.25, 0.3) is 4.96 Å². The van der Waals surface area contributed by atoms with Gasteiger partial charge < -0.3 is 5.32 Å². The Morgan fingerprint density at radius 1 is 1.62 bits per heavy atom. The molecular weight excluding hydrogens is 182 g/mol. The van der Waals surface area contributed by atoms with Crippen LogP contribution in [0.1, 0.15) is 18.5 Å². The molecular formula is C9H11N3S. The summed E-state index contributed by atoms with van der Waals surface area (Å²) < 4.78 is 2.14. The van der Waals surface area contributed by atoms with Crippen molar-refractivity contribution in [1.29, 1.82) is 0 Å². The molecule has 0 amide bonds. The molecule has 68 valence electrons. The lowest BCUT2D eigenvalue weighted by Gasteiger charge is -2.02. The van der Waals surface area contributed by atoms with Crippen molar-refractivity contribution < 1.29 is 0 Å². The molecule has 0 unspecified atom stereocenters. The molecule has 3 nitrogen and oxygen atoms in total. The van der Waals surface area contributed by atoms with Gasteiger partial charge in [-0.05, 0) is 19.8 Å². The van der Waals surface area contributed by atoms with Gasteiger partial charge in [0.05, 0.1) is 5.69 Å². The van der Waals surface area contributed by atoms with Crippen molar-refractivity contribution in [2.24, 2.45) is 0 Å². The lowest BCUT2D eigenvalue weighted by Crippen LogP contribution is -2.04. The zero-order chi connectivity index (χ0) is 8.84. The van der Waals surface area contributed by atoms with Crippen LogP contribution in [-0.4, -0.2) is 15.4 Å². The first kappa shape index (κ1) is 7.38. The summed E-state index contributed by atoms with van der Waals surface area (Å²) in [6, 6.07) is 0.693. The lowest BCUT2D eigenvalue weighted by atomic mass is 10.4. The molecule has 0 aromatic carbocycles. The van der Waals surface area contributed by atoms with E-state index in [1.54, 1.807) is 11.3 Å². The second-order valence-corrected chi connectivity index (χ2v) is 4.39. The van der Waals surface area contributed by atoms with Crippen LogP contribution in [0.15, 0.2) is 11.6 Å². The van der Waals surface area contributed by atoms with E-state index in [-0.39, 0.29) is 0 Å². The molecule has 0 bridgehead atoms. The molecule has 2 aromatic heterocycles. The first-order valence-electron chi connectivity index (χ1n) is 4.53. The summed E-state index contributed by atoms with van der Waals surface area (Å²) in [7, 11) is 0. The van der Waals surface area contributed by atoms with Gasteiger partial charge in [0.25, 0.3) is 0 Å². The van der Waals surface area contributed by atoms with Gasteiger partial charge >= 0.3 is 0 Å². The number of hydrogen-bond acceptors (Lipinski definition) is 3. The molecule has 0 aliphatic heterocycles. The van der Waals surface area contributed by atoms with Crippen LogP contribution >= 0.6 is 11.3 Å². The Bertz CT molecular complexity index is 439. The smallest absolute Gasteiger partial charge is 0.195 e. The van der Waals surface area contributed by atoms with Gasteiger partial charge in [0.1, 0.15) is 5.82 Å². The Labute approximate surface area is 80.4 Å². The Hall–Kier alpha value is -1.03. The van der Waals surface area contributed by atoms with Crippen molar-refractivity contribution in [3.8, 4) is 0 Å². The van der Waals surface area contributed by atoms with Gasteiger partial charge in [0.15, 0.2) is 4.96 Å². The predicted molar refractivity (Wildman–Crippen MR) is 54.5 cm³/mol. The highest BCUT2D eigenvalue weighted by Crippen LogP contribution is 2.28. The fourth-order valence-corrected chi connectivity index (χ4v) is 2.25. The van der Waals surface area contributed by atoms with Crippen LogP contribution < -0.4 is 5.32 Å². The number of hydrogen-bond donors (Lipinski definition) is 1. The molecule has 0 saturated heterocycles. The van der Waals surface area contributed by atoms with Gasteiger partial charge in [-0.3, -0.25) is 4.40 Å². The summed E-state index contributed by atoms with van der Waals surface area (Å²) in [6.45, 7) is 2.06. The van der Waals surface area contributed by atoms with Gasteiger partial charge in [-0.15, -0.1) is 11.3 Å². The van der Waals surface area contributed by atoms with Gasteiger partial charge in [0, 0.05) is 17.6 Å². The van der Waals surface area contributed by atoms with E-state index in [4.69, 9.17) is 0 Å². The summed E-state index contributed by atoms with van der Waals surface area (Å²) in [6.07, 6.45) is 4.68. The first-order valence-corrected chi connectivity index (χ1v) is 5.41. The maximum atomic E-state index is 4.47. The fraction of sp³-hybridized carbons (Fsp3) is 0.444. The first-order chi connectivity index (χ1) is 6.34. The SMILES string of the molecule is Cc1nc2sccn2c1NC1CC1. The number of aromatic nitrogens is 2. The quantitative estimate of drug-likeness (QED) is 0.792. The van der Waals surface area contributed by atoms with Crippen LogP contribution in [0.5, 0.6) is 0 Å². The molecule has 1 aliphatic rings. The van der Waals surface area contributed by atoms with Gasteiger partial charge in [0.2, 0.25) is 0 Å². The fourth-order valence-electron chi connectivity index (χ4n) is 1.49. The van der Waals surface area contributed by atoms with Crippen molar-refractivity contribution in [3.05, 3.63) is 17.3 Å². The Morgan fingerprint density at radius 2 is 2.46 bits per heavy atom. The topological polar surface area (TPSA) is 29.3 Å². The van der Waals surface area contributed by atoms with E-state index in [0.717, 1.165) is 10.7 Å². The van der Waals surface area contributed by atoms with Crippen LogP contribution in [0.4, 0.5) is 5.82 Å². The number of rotatable bonds is 2. The number of nitrogens with zero attached hydrogens (tertiary/aromatic N) is 2. The molecule has 4 heteroatoms. The number of imidazole rings is 1. The van der Waals surface area contributed by atoms with Crippen LogP contribution in [-0.2, 0) is 0 Å². The number of fused-ring (bicyclic) bond motifs is 1. The molecule has 0 spiro atoms. The molecule has 13 heavy (non-hydrogen) atoms. The summed E-state index contributed by atoms with van der Waals surface area (Å²) in [5.74, 6) is 1.18. The molecule has 1 fully saturated rings. The minimum Gasteiger partial charge on any atom is -0.367 e. The largest absolute Gasteiger partial charge is 0.367 e. The van der Waals surface area contributed by atoms with E-state index in [1.165, 1.54) is 18.7 Å². The molecule has 3 rings (SSSR count). The summed E-state index contributed by atoms with van der Waals surface area (Å²) in [5, 5.41) is 5.57. The third-order valence-electron chi connectivity index (χ3n) is 2.35. The lowest BCUT2D eigenvalue weighted by molar-refractivity contribution is 1.08. The van der Waals surface area contributed by atoms with Crippen molar-refractivity contribution in [2.75, 3.05) is 5.32 Å². The van der Waals surface area contributed by atoms with E-state index < -0.39 is 0 Å². The third kappa shape index (κ3) is 1.13. The molecule has 2 aromatic rings. The van der Waals surface area contributed by atoms with Crippen LogP contribution in [0, 0.1) is 6.92 Å². The highest BCUT2D eigenvalue weighted by Gasteiger charge is 2.23. The van der Waals surface area contributed by atoms with Crippen LogP contribution in [0.3, 0.4) is 0 Å². The molecule has 1 saturated carbocycles. The zero-order valence-corrected chi connectivity index (χ0v) is 8.27. The maximum Gasteiger partial charge on any atom is 0.195 e. The average molecular weight is 193 g/mol. The minimum absolute atomic E-state index is 0.693. The van der Waals surface area contributed by atoms with E-state index in [9.17, 15) is 0 Å².